The van der Waals surface area contributed by atoms with Gasteiger partial charge in [0.25, 0.3) is 11.8 Å². The average molecular weight is 380 g/mol. The van der Waals surface area contributed by atoms with E-state index in [2.05, 4.69) is 10.6 Å². The SMILES string of the molecule is CC(C)(C)NC(=O)c1ccc(C(=O)c2ccc(C(=O)NC(C)(C)C)cc2)cc1. The molecule has 0 spiro atoms. The second-order valence-electron chi connectivity index (χ2n) is 8.89. The summed E-state index contributed by atoms with van der Waals surface area (Å²) < 4.78 is 0. The van der Waals surface area contributed by atoms with Gasteiger partial charge in [0.1, 0.15) is 0 Å². The van der Waals surface area contributed by atoms with Gasteiger partial charge in [-0.05, 0) is 65.8 Å². The number of hydrogen-bond donors (Lipinski definition) is 2. The van der Waals surface area contributed by atoms with Crippen molar-refractivity contribution in [3.05, 3.63) is 70.8 Å². The number of ketones is 1. The van der Waals surface area contributed by atoms with Gasteiger partial charge in [-0.15, -0.1) is 0 Å². The fourth-order valence-corrected chi connectivity index (χ4v) is 2.54. The quantitative estimate of drug-likeness (QED) is 0.788. The number of hydrogen-bond acceptors (Lipinski definition) is 3. The molecule has 0 fully saturated rings. The van der Waals surface area contributed by atoms with Crippen molar-refractivity contribution in [2.75, 3.05) is 0 Å². The maximum atomic E-state index is 12.7. The number of rotatable bonds is 4. The first-order valence-electron chi connectivity index (χ1n) is 9.26. The molecule has 0 aromatic heterocycles. The van der Waals surface area contributed by atoms with Gasteiger partial charge in [0.05, 0.1) is 0 Å². The molecule has 28 heavy (non-hydrogen) atoms. The molecule has 0 aliphatic heterocycles. The zero-order valence-corrected chi connectivity index (χ0v) is 17.3. The first kappa shape index (κ1) is 21.4. The van der Waals surface area contributed by atoms with Crippen molar-refractivity contribution >= 4 is 17.6 Å². The van der Waals surface area contributed by atoms with Crippen LogP contribution in [0, 0.1) is 0 Å². The summed E-state index contributed by atoms with van der Waals surface area (Å²) >= 11 is 0. The molecule has 0 radical (unpaired) electrons. The highest BCUT2D eigenvalue weighted by Gasteiger charge is 2.17. The maximum absolute atomic E-state index is 12.7. The summed E-state index contributed by atoms with van der Waals surface area (Å²) in [4.78, 5) is 37.0. The van der Waals surface area contributed by atoms with Crippen LogP contribution >= 0.6 is 0 Å². The van der Waals surface area contributed by atoms with Crippen molar-refractivity contribution in [1.29, 1.82) is 0 Å². The van der Waals surface area contributed by atoms with Gasteiger partial charge in [-0.1, -0.05) is 24.3 Å². The second kappa shape index (κ2) is 7.97. The molecule has 2 N–H and O–H groups in total. The first-order valence-corrected chi connectivity index (χ1v) is 9.26. The Kier molecular flexibility index (Phi) is 6.07. The van der Waals surface area contributed by atoms with E-state index in [1.807, 2.05) is 41.5 Å². The smallest absolute Gasteiger partial charge is 0.251 e. The molecule has 0 atom stereocenters. The summed E-state index contributed by atoms with van der Waals surface area (Å²) in [5.74, 6) is -0.521. The number of nitrogens with one attached hydrogen (secondary N) is 2. The predicted molar refractivity (Wildman–Crippen MR) is 111 cm³/mol. The summed E-state index contributed by atoms with van der Waals surface area (Å²) in [6, 6.07) is 13.1. The van der Waals surface area contributed by atoms with Crippen molar-refractivity contribution in [3.63, 3.8) is 0 Å². The van der Waals surface area contributed by atoms with Crippen molar-refractivity contribution < 1.29 is 14.4 Å². The molecular formula is C23H28N2O3. The van der Waals surface area contributed by atoms with Crippen LogP contribution in [0.2, 0.25) is 0 Å². The van der Waals surface area contributed by atoms with Gasteiger partial charge in [-0.25, -0.2) is 0 Å². The molecule has 2 amide bonds. The molecule has 5 nitrogen and oxygen atoms in total. The van der Waals surface area contributed by atoms with E-state index in [0.29, 0.717) is 22.3 Å². The summed E-state index contributed by atoms with van der Waals surface area (Å²) in [6.07, 6.45) is 0. The number of amides is 2. The Morgan fingerprint density at radius 2 is 0.786 bits per heavy atom. The molecule has 0 bridgehead atoms. The molecule has 2 aromatic rings. The van der Waals surface area contributed by atoms with Crippen LogP contribution in [0.25, 0.3) is 0 Å². The lowest BCUT2D eigenvalue weighted by Gasteiger charge is -2.20. The van der Waals surface area contributed by atoms with E-state index in [1.165, 1.54) is 0 Å². The van der Waals surface area contributed by atoms with Crippen LogP contribution in [-0.4, -0.2) is 28.7 Å². The number of carbonyl (C=O) groups excluding carboxylic acids is 3. The summed E-state index contributed by atoms with van der Waals surface area (Å²) in [6.45, 7) is 11.5. The van der Waals surface area contributed by atoms with Gasteiger partial charge in [-0.2, -0.15) is 0 Å². The number of benzene rings is 2. The topological polar surface area (TPSA) is 75.3 Å². The molecule has 0 aliphatic carbocycles. The molecule has 2 rings (SSSR count). The zero-order chi connectivity index (χ0) is 21.1. The Balaban J connectivity index is 2.11. The summed E-state index contributed by atoms with van der Waals surface area (Å²) in [5.41, 5.74) is 1.32. The second-order valence-corrected chi connectivity index (χ2v) is 8.89. The third kappa shape index (κ3) is 6.05. The minimum absolute atomic E-state index is 0.162. The molecule has 148 valence electrons. The summed E-state index contributed by atoms with van der Waals surface area (Å²) in [7, 11) is 0. The van der Waals surface area contributed by atoms with Crippen molar-refractivity contribution in [2.45, 2.75) is 52.6 Å². The van der Waals surface area contributed by atoms with E-state index in [-0.39, 0.29) is 28.7 Å². The zero-order valence-electron chi connectivity index (χ0n) is 17.3. The van der Waals surface area contributed by atoms with Gasteiger partial charge < -0.3 is 10.6 Å². The largest absolute Gasteiger partial charge is 0.347 e. The van der Waals surface area contributed by atoms with Gasteiger partial charge in [0.15, 0.2) is 5.78 Å². The van der Waals surface area contributed by atoms with E-state index in [4.69, 9.17) is 0 Å². The maximum Gasteiger partial charge on any atom is 0.251 e. The molecule has 0 unspecified atom stereocenters. The molecule has 2 aromatic carbocycles. The number of carbonyl (C=O) groups is 3. The first-order chi connectivity index (χ1) is 12.9. The molecule has 0 aliphatic rings. The van der Waals surface area contributed by atoms with Crippen molar-refractivity contribution in [3.8, 4) is 0 Å². The Morgan fingerprint density at radius 1 is 0.536 bits per heavy atom. The highest BCUT2D eigenvalue weighted by Crippen LogP contribution is 2.14. The molecule has 0 heterocycles. The molecule has 0 saturated carbocycles. The molecule has 5 heteroatoms. The van der Waals surface area contributed by atoms with Crippen LogP contribution in [0.15, 0.2) is 48.5 Å². The van der Waals surface area contributed by atoms with E-state index < -0.39 is 0 Å². The van der Waals surface area contributed by atoms with Crippen molar-refractivity contribution in [2.24, 2.45) is 0 Å². The third-order valence-electron chi connectivity index (χ3n) is 3.80. The lowest BCUT2D eigenvalue weighted by molar-refractivity contribution is 0.0910. The van der Waals surface area contributed by atoms with E-state index in [0.717, 1.165) is 0 Å². The molecular weight excluding hydrogens is 352 g/mol. The van der Waals surface area contributed by atoms with Crippen LogP contribution in [0.5, 0.6) is 0 Å². The lowest BCUT2D eigenvalue weighted by atomic mass is 10.00. The fourth-order valence-electron chi connectivity index (χ4n) is 2.54. The predicted octanol–water partition coefficient (Wildman–Crippen LogP) is 3.97. The fraction of sp³-hybridized carbons (Fsp3) is 0.348. The standard InChI is InChI=1S/C23H28N2O3/c1-22(2,3)24-20(27)17-11-7-15(8-12-17)19(26)16-9-13-18(14-10-16)21(28)25-23(4,5)6/h7-14H,1-6H3,(H,24,27)(H,25,28). The van der Waals surface area contributed by atoms with Gasteiger partial charge in [0.2, 0.25) is 0 Å². The highest BCUT2D eigenvalue weighted by molar-refractivity contribution is 6.10. The Bertz CT molecular complexity index is 795. The molecule has 0 saturated heterocycles. The van der Waals surface area contributed by atoms with E-state index in [1.54, 1.807) is 48.5 Å². The van der Waals surface area contributed by atoms with E-state index in [9.17, 15) is 14.4 Å². The lowest BCUT2D eigenvalue weighted by Crippen LogP contribution is -2.40. The van der Waals surface area contributed by atoms with Crippen molar-refractivity contribution in [1.82, 2.24) is 10.6 Å². The Morgan fingerprint density at radius 3 is 1.04 bits per heavy atom. The van der Waals surface area contributed by atoms with Crippen LogP contribution in [-0.2, 0) is 0 Å². The highest BCUT2D eigenvalue weighted by atomic mass is 16.2. The van der Waals surface area contributed by atoms with Gasteiger partial charge in [-0.3, -0.25) is 14.4 Å². The average Bonchev–Trinajstić information content (AvgIpc) is 2.58. The van der Waals surface area contributed by atoms with E-state index >= 15 is 0 Å². The van der Waals surface area contributed by atoms with Crippen LogP contribution in [0.3, 0.4) is 0 Å². The normalized spacial score (nSPS) is 11.6. The Hall–Kier alpha value is -2.95. The van der Waals surface area contributed by atoms with Crippen LogP contribution in [0.4, 0.5) is 0 Å². The van der Waals surface area contributed by atoms with Gasteiger partial charge in [0, 0.05) is 33.3 Å². The van der Waals surface area contributed by atoms with Crippen LogP contribution in [0.1, 0.15) is 78.2 Å². The van der Waals surface area contributed by atoms with Crippen LogP contribution < -0.4 is 10.6 Å². The minimum atomic E-state index is -0.327. The Labute approximate surface area is 166 Å². The summed E-state index contributed by atoms with van der Waals surface area (Å²) in [5, 5.41) is 5.77. The third-order valence-corrected chi connectivity index (χ3v) is 3.80. The minimum Gasteiger partial charge on any atom is -0.347 e. The monoisotopic (exact) mass is 380 g/mol. The van der Waals surface area contributed by atoms with Gasteiger partial charge >= 0.3 is 0 Å².